The van der Waals surface area contributed by atoms with Crippen molar-refractivity contribution in [3.8, 4) is 11.3 Å². The first kappa shape index (κ1) is 18.9. The molecule has 3 aromatic heterocycles. The predicted octanol–water partition coefficient (Wildman–Crippen LogP) is 2.08. The van der Waals surface area contributed by atoms with Crippen molar-refractivity contribution in [2.45, 2.75) is 32.4 Å². The Kier molecular flexibility index (Phi) is 5.23. The lowest BCUT2D eigenvalue weighted by Crippen LogP contribution is -2.37. The second-order valence-electron chi connectivity index (χ2n) is 7.91. The van der Waals surface area contributed by atoms with E-state index in [4.69, 9.17) is 4.74 Å². The molecule has 5 rings (SSSR count). The Balaban J connectivity index is 1.22. The van der Waals surface area contributed by atoms with Gasteiger partial charge in [-0.05, 0) is 37.0 Å². The largest absolute Gasteiger partial charge is 0.376 e. The molecule has 0 aromatic carbocycles. The highest BCUT2D eigenvalue weighted by atomic mass is 16.5. The zero-order valence-electron chi connectivity index (χ0n) is 16.8. The number of ether oxygens (including phenoxy) is 1. The highest BCUT2D eigenvalue weighted by Gasteiger charge is 2.23. The molecule has 2 aliphatic heterocycles. The van der Waals surface area contributed by atoms with E-state index in [-0.39, 0.29) is 5.56 Å². The minimum Gasteiger partial charge on any atom is -0.376 e. The van der Waals surface area contributed by atoms with Crippen LogP contribution in [-0.2, 0) is 24.3 Å². The van der Waals surface area contributed by atoms with Crippen LogP contribution in [0.4, 0.5) is 5.82 Å². The minimum atomic E-state index is -0.0214. The molecule has 2 aliphatic rings. The van der Waals surface area contributed by atoms with Gasteiger partial charge in [-0.3, -0.25) is 14.3 Å². The van der Waals surface area contributed by atoms with Crippen molar-refractivity contribution in [2.75, 3.05) is 24.6 Å². The summed E-state index contributed by atoms with van der Waals surface area (Å²) in [6.07, 6.45) is 7.94. The van der Waals surface area contributed by atoms with Gasteiger partial charge in [-0.2, -0.15) is 5.10 Å². The standard InChI is InChI=1S/C22H24N6O2/c29-22-11-20(17-2-1-6-23-12-17)24-15-28(22)13-16-3-7-27(8-4-16)21-10-18-14-30-9-5-19(18)25-26-21/h1-2,6,10-12,15-16H,3-5,7-9,13-14H2. The maximum atomic E-state index is 12.6. The summed E-state index contributed by atoms with van der Waals surface area (Å²) in [5, 5.41) is 8.82. The summed E-state index contributed by atoms with van der Waals surface area (Å²) < 4.78 is 7.26. The van der Waals surface area contributed by atoms with Gasteiger partial charge in [0.1, 0.15) is 0 Å². The van der Waals surface area contributed by atoms with Crippen molar-refractivity contribution in [2.24, 2.45) is 5.92 Å². The fourth-order valence-corrected chi connectivity index (χ4v) is 4.14. The van der Waals surface area contributed by atoms with Gasteiger partial charge < -0.3 is 9.64 Å². The SMILES string of the molecule is O=c1cc(-c2cccnc2)ncn1CC1CCN(c2cc3c(nn2)CCOC3)CC1. The van der Waals surface area contributed by atoms with Gasteiger partial charge in [0.05, 0.1) is 30.9 Å². The number of pyridine rings is 1. The Bertz CT molecular complexity index is 1080. The monoisotopic (exact) mass is 404 g/mol. The van der Waals surface area contributed by atoms with Crippen LogP contribution in [0.25, 0.3) is 11.3 Å². The molecule has 0 amide bonds. The van der Waals surface area contributed by atoms with Crippen molar-refractivity contribution < 1.29 is 4.74 Å². The molecular weight excluding hydrogens is 380 g/mol. The van der Waals surface area contributed by atoms with Gasteiger partial charge in [0.25, 0.3) is 5.56 Å². The third-order valence-electron chi connectivity index (χ3n) is 5.92. The number of piperidine rings is 1. The van der Waals surface area contributed by atoms with Crippen molar-refractivity contribution >= 4 is 5.82 Å². The lowest BCUT2D eigenvalue weighted by atomic mass is 9.96. The van der Waals surface area contributed by atoms with E-state index in [1.54, 1.807) is 29.4 Å². The molecule has 0 N–H and O–H groups in total. The molecule has 0 radical (unpaired) electrons. The van der Waals surface area contributed by atoms with Crippen molar-refractivity contribution in [3.63, 3.8) is 0 Å². The third-order valence-corrected chi connectivity index (χ3v) is 5.92. The Morgan fingerprint density at radius 2 is 2.07 bits per heavy atom. The molecule has 1 fully saturated rings. The normalized spacial score (nSPS) is 17.0. The quantitative estimate of drug-likeness (QED) is 0.658. The highest BCUT2D eigenvalue weighted by molar-refractivity contribution is 5.56. The fourth-order valence-electron chi connectivity index (χ4n) is 4.14. The number of hydrogen-bond donors (Lipinski definition) is 0. The summed E-state index contributed by atoms with van der Waals surface area (Å²) in [5.74, 6) is 1.37. The van der Waals surface area contributed by atoms with Crippen LogP contribution in [0.1, 0.15) is 24.1 Å². The molecule has 0 atom stereocenters. The van der Waals surface area contributed by atoms with Crippen molar-refractivity contribution in [1.29, 1.82) is 0 Å². The predicted molar refractivity (Wildman–Crippen MR) is 112 cm³/mol. The van der Waals surface area contributed by atoms with E-state index in [0.717, 1.165) is 61.6 Å². The highest BCUT2D eigenvalue weighted by Crippen LogP contribution is 2.25. The van der Waals surface area contributed by atoms with Crippen LogP contribution >= 0.6 is 0 Å². The Labute approximate surface area is 174 Å². The topological polar surface area (TPSA) is 86.0 Å². The van der Waals surface area contributed by atoms with Gasteiger partial charge in [-0.15, -0.1) is 5.10 Å². The molecule has 8 heteroatoms. The minimum absolute atomic E-state index is 0.0214. The number of hydrogen-bond acceptors (Lipinski definition) is 7. The average molecular weight is 404 g/mol. The second kappa shape index (κ2) is 8.31. The van der Waals surface area contributed by atoms with Gasteiger partial charge in [-0.1, -0.05) is 0 Å². The summed E-state index contributed by atoms with van der Waals surface area (Å²) in [6.45, 7) is 3.86. The van der Waals surface area contributed by atoms with E-state index in [9.17, 15) is 4.79 Å². The Morgan fingerprint density at radius 3 is 2.87 bits per heavy atom. The zero-order chi connectivity index (χ0) is 20.3. The number of aromatic nitrogens is 5. The molecule has 0 unspecified atom stereocenters. The number of anilines is 1. The molecule has 0 aliphatic carbocycles. The van der Waals surface area contributed by atoms with Crippen molar-refractivity contribution in [1.82, 2.24) is 24.7 Å². The van der Waals surface area contributed by atoms with E-state index in [0.29, 0.717) is 24.8 Å². The van der Waals surface area contributed by atoms with Crippen LogP contribution in [0.2, 0.25) is 0 Å². The summed E-state index contributed by atoms with van der Waals surface area (Å²) in [5.41, 5.74) is 3.70. The van der Waals surface area contributed by atoms with Crippen LogP contribution in [0.3, 0.4) is 0 Å². The van der Waals surface area contributed by atoms with Crippen LogP contribution in [0.15, 0.2) is 47.8 Å². The molecule has 0 saturated carbocycles. The van der Waals surface area contributed by atoms with Crippen LogP contribution in [0, 0.1) is 5.92 Å². The molecular formula is C22H24N6O2. The summed E-state index contributed by atoms with van der Waals surface area (Å²) >= 11 is 0. The molecule has 5 heterocycles. The Morgan fingerprint density at radius 1 is 1.17 bits per heavy atom. The first-order chi connectivity index (χ1) is 14.8. The molecule has 30 heavy (non-hydrogen) atoms. The van der Waals surface area contributed by atoms with Crippen molar-refractivity contribution in [3.05, 3.63) is 64.6 Å². The second-order valence-corrected chi connectivity index (χ2v) is 7.91. The number of fused-ring (bicyclic) bond motifs is 1. The zero-order valence-corrected chi connectivity index (χ0v) is 16.8. The van der Waals surface area contributed by atoms with Gasteiger partial charge in [0.15, 0.2) is 5.82 Å². The van der Waals surface area contributed by atoms with Gasteiger partial charge in [0, 0.05) is 55.6 Å². The van der Waals surface area contributed by atoms with E-state index in [1.165, 1.54) is 0 Å². The summed E-state index contributed by atoms with van der Waals surface area (Å²) in [6, 6.07) is 7.46. The number of rotatable bonds is 4. The molecule has 3 aromatic rings. The van der Waals surface area contributed by atoms with Gasteiger partial charge in [0.2, 0.25) is 0 Å². The first-order valence-corrected chi connectivity index (χ1v) is 10.4. The lowest BCUT2D eigenvalue weighted by Gasteiger charge is -2.33. The van der Waals surface area contributed by atoms with Gasteiger partial charge >= 0.3 is 0 Å². The number of nitrogens with zero attached hydrogens (tertiary/aromatic N) is 6. The van der Waals surface area contributed by atoms with Crippen LogP contribution < -0.4 is 10.5 Å². The van der Waals surface area contributed by atoms with E-state index < -0.39 is 0 Å². The lowest BCUT2D eigenvalue weighted by molar-refractivity contribution is 0.108. The molecule has 0 spiro atoms. The summed E-state index contributed by atoms with van der Waals surface area (Å²) in [4.78, 5) is 23.4. The first-order valence-electron chi connectivity index (χ1n) is 10.4. The summed E-state index contributed by atoms with van der Waals surface area (Å²) in [7, 11) is 0. The maximum Gasteiger partial charge on any atom is 0.253 e. The van der Waals surface area contributed by atoms with E-state index in [1.807, 2.05) is 12.1 Å². The molecule has 8 nitrogen and oxygen atoms in total. The smallest absolute Gasteiger partial charge is 0.253 e. The third kappa shape index (κ3) is 3.95. The van der Waals surface area contributed by atoms with Gasteiger partial charge in [-0.25, -0.2) is 4.98 Å². The Hall–Kier alpha value is -3.13. The van der Waals surface area contributed by atoms with E-state index in [2.05, 4.69) is 31.1 Å². The molecule has 154 valence electrons. The fraction of sp³-hybridized carbons (Fsp3) is 0.409. The van der Waals surface area contributed by atoms with E-state index >= 15 is 0 Å². The van der Waals surface area contributed by atoms with Crippen LogP contribution in [0.5, 0.6) is 0 Å². The average Bonchev–Trinajstić information content (AvgIpc) is 2.81. The maximum absolute atomic E-state index is 12.6. The molecule has 0 bridgehead atoms. The molecule has 1 saturated heterocycles. The van der Waals surface area contributed by atoms with Crippen LogP contribution in [-0.4, -0.2) is 44.4 Å².